The van der Waals surface area contributed by atoms with Crippen LogP contribution in [0.15, 0.2) is 77.7 Å². The second-order valence-corrected chi connectivity index (χ2v) is 9.02. The van der Waals surface area contributed by atoms with E-state index in [9.17, 15) is 13.2 Å². The summed E-state index contributed by atoms with van der Waals surface area (Å²) in [5.74, 6) is -0.269. The highest BCUT2D eigenvalue weighted by Crippen LogP contribution is 2.24. The molecule has 29 heavy (non-hydrogen) atoms. The van der Waals surface area contributed by atoms with Crippen LogP contribution in [0.5, 0.6) is 0 Å². The molecule has 0 radical (unpaired) electrons. The third kappa shape index (κ3) is 4.32. The highest BCUT2D eigenvalue weighted by Gasteiger charge is 2.23. The average Bonchev–Trinajstić information content (AvgIpc) is 2.72. The third-order valence-corrected chi connectivity index (χ3v) is 6.54. The van der Waals surface area contributed by atoms with E-state index in [0.717, 1.165) is 16.8 Å². The van der Waals surface area contributed by atoms with Gasteiger partial charge in [0.15, 0.2) is 0 Å². The molecular weight excluding hydrogens is 384 g/mol. The Morgan fingerprint density at radius 1 is 0.759 bits per heavy atom. The van der Waals surface area contributed by atoms with E-state index >= 15 is 0 Å². The van der Waals surface area contributed by atoms with Crippen molar-refractivity contribution in [2.24, 2.45) is 0 Å². The molecule has 0 aliphatic heterocycles. The van der Waals surface area contributed by atoms with E-state index in [4.69, 9.17) is 0 Å². The number of carbonyl (C=O) groups is 1. The first-order chi connectivity index (χ1) is 13.7. The van der Waals surface area contributed by atoms with Gasteiger partial charge in [-0.1, -0.05) is 30.3 Å². The number of sulfonamides is 1. The standard InChI is InChI=1S/C23H24N2O3S/c1-17-13-18(2)15-21(14-17)24(3)23(26)19-9-8-12-22(16-19)29(27,28)25(4)20-10-6-5-7-11-20/h5-16H,1-4H3. The smallest absolute Gasteiger partial charge is 0.264 e. The van der Waals surface area contributed by atoms with E-state index in [1.165, 1.54) is 28.4 Å². The van der Waals surface area contributed by atoms with Crippen LogP contribution >= 0.6 is 0 Å². The van der Waals surface area contributed by atoms with Crippen molar-refractivity contribution in [3.63, 3.8) is 0 Å². The van der Waals surface area contributed by atoms with E-state index < -0.39 is 10.0 Å². The van der Waals surface area contributed by atoms with Crippen molar-refractivity contribution in [1.82, 2.24) is 0 Å². The van der Waals surface area contributed by atoms with Gasteiger partial charge in [0.2, 0.25) is 0 Å². The minimum Gasteiger partial charge on any atom is -0.311 e. The molecule has 0 aliphatic carbocycles. The van der Waals surface area contributed by atoms with Crippen LogP contribution in [0.25, 0.3) is 0 Å². The average molecular weight is 409 g/mol. The van der Waals surface area contributed by atoms with E-state index in [2.05, 4.69) is 0 Å². The first-order valence-corrected chi connectivity index (χ1v) is 10.6. The summed E-state index contributed by atoms with van der Waals surface area (Å²) in [6.45, 7) is 3.95. The van der Waals surface area contributed by atoms with Crippen molar-refractivity contribution in [3.8, 4) is 0 Å². The molecule has 5 nitrogen and oxygen atoms in total. The van der Waals surface area contributed by atoms with Crippen LogP contribution in [0, 0.1) is 13.8 Å². The van der Waals surface area contributed by atoms with Crippen molar-refractivity contribution >= 4 is 27.3 Å². The van der Waals surface area contributed by atoms with Gasteiger partial charge >= 0.3 is 0 Å². The Kier molecular flexibility index (Phi) is 5.75. The highest BCUT2D eigenvalue weighted by atomic mass is 32.2. The fourth-order valence-electron chi connectivity index (χ4n) is 3.18. The molecule has 0 bridgehead atoms. The molecule has 150 valence electrons. The molecule has 0 N–H and O–H groups in total. The molecular formula is C23H24N2O3S. The summed E-state index contributed by atoms with van der Waals surface area (Å²) in [6.07, 6.45) is 0. The Balaban J connectivity index is 1.93. The lowest BCUT2D eigenvalue weighted by Gasteiger charge is -2.21. The Hall–Kier alpha value is -3.12. The predicted molar refractivity (Wildman–Crippen MR) is 117 cm³/mol. The minimum atomic E-state index is -3.79. The number of anilines is 2. The quantitative estimate of drug-likeness (QED) is 0.629. The second-order valence-electron chi connectivity index (χ2n) is 7.05. The first kappa shape index (κ1) is 20.6. The van der Waals surface area contributed by atoms with Crippen LogP contribution < -0.4 is 9.21 Å². The van der Waals surface area contributed by atoms with Gasteiger partial charge in [-0.2, -0.15) is 0 Å². The number of aryl methyl sites for hydroxylation is 2. The predicted octanol–water partition coefficient (Wildman–Crippen LogP) is 4.41. The van der Waals surface area contributed by atoms with E-state index in [1.54, 1.807) is 43.4 Å². The van der Waals surface area contributed by atoms with Gasteiger partial charge in [0.25, 0.3) is 15.9 Å². The van der Waals surface area contributed by atoms with Gasteiger partial charge in [0.05, 0.1) is 10.6 Å². The van der Waals surface area contributed by atoms with Gasteiger partial charge in [-0.3, -0.25) is 9.10 Å². The van der Waals surface area contributed by atoms with Crippen LogP contribution in [0.2, 0.25) is 0 Å². The van der Waals surface area contributed by atoms with Crippen LogP contribution in [-0.2, 0) is 10.0 Å². The number of amides is 1. The molecule has 6 heteroatoms. The summed E-state index contributed by atoms with van der Waals surface area (Å²) in [4.78, 5) is 14.6. The third-order valence-electron chi connectivity index (χ3n) is 4.76. The first-order valence-electron chi connectivity index (χ1n) is 9.20. The maximum atomic E-state index is 13.0. The molecule has 0 aliphatic rings. The second kappa shape index (κ2) is 8.09. The van der Waals surface area contributed by atoms with Crippen LogP contribution in [-0.4, -0.2) is 28.4 Å². The van der Waals surface area contributed by atoms with Crippen LogP contribution in [0.3, 0.4) is 0 Å². The minimum absolute atomic E-state index is 0.0727. The van der Waals surface area contributed by atoms with Crippen LogP contribution in [0.1, 0.15) is 21.5 Å². The summed E-state index contributed by atoms with van der Waals surface area (Å²) in [5.41, 5.74) is 3.74. The number of nitrogens with zero attached hydrogens (tertiary/aromatic N) is 2. The zero-order valence-electron chi connectivity index (χ0n) is 17.0. The molecule has 0 heterocycles. The van der Waals surface area contributed by atoms with Crippen molar-refractivity contribution in [2.75, 3.05) is 23.3 Å². The Morgan fingerprint density at radius 2 is 1.38 bits per heavy atom. The van der Waals surface area contributed by atoms with E-state index in [1.807, 2.05) is 38.1 Å². The van der Waals surface area contributed by atoms with Gasteiger partial charge < -0.3 is 4.90 Å². The van der Waals surface area contributed by atoms with Crippen molar-refractivity contribution < 1.29 is 13.2 Å². The molecule has 3 aromatic carbocycles. The highest BCUT2D eigenvalue weighted by molar-refractivity contribution is 7.92. The summed E-state index contributed by atoms with van der Waals surface area (Å²) in [6, 6.07) is 20.9. The zero-order chi connectivity index (χ0) is 21.2. The normalized spacial score (nSPS) is 11.2. The Labute approximate surface area is 172 Å². The van der Waals surface area contributed by atoms with Crippen molar-refractivity contribution in [2.45, 2.75) is 18.7 Å². The summed E-state index contributed by atoms with van der Waals surface area (Å²) < 4.78 is 27.3. The van der Waals surface area contributed by atoms with E-state index in [-0.39, 0.29) is 10.8 Å². The maximum Gasteiger partial charge on any atom is 0.264 e. The SMILES string of the molecule is Cc1cc(C)cc(N(C)C(=O)c2cccc(S(=O)(=O)N(C)c3ccccc3)c2)c1. The molecule has 0 unspecified atom stereocenters. The van der Waals surface area contributed by atoms with Crippen LogP contribution in [0.4, 0.5) is 11.4 Å². The molecule has 1 amide bonds. The maximum absolute atomic E-state index is 13.0. The van der Waals surface area contributed by atoms with Gasteiger partial charge in [0, 0.05) is 25.3 Å². The lowest BCUT2D eigenvalue weighted by Crippen LogP contribution is -2.28. The Bertz CT molecular complexity index is 1120. The number of para-hydroxylation sites is 1. The fourth-order valence-corrected chi connectivity index (χ4v) is 4.42. The lowest BCUT2D eigenvalue weighted by atomic mass is 10.1. The van der Waals surface area contributed by atoms with Gasteiger partial charge in [0.1, 0.15) is 0 Å². The summed E-state index contributed by atoms with van der Waals surface area (Å²) in [7, 11) is -0.600. The monoisotopic (exact) mass is 408 g/mol. The number of hydrogen-bond donors (Lipinski definition) is 0. The fraction of sp³-hybridized carbons (Fsp3) is 0.174. The van der Waals surface area contributed by atoms with Gasteiger partial charge in [-0.05, 0) is 67.4 Å². The molecule has 0 fully saturated rings. The molecule has 3 rings (SSSR count). The topological polar surface area (TPSA) is 57.7 Å². The largest absolute Gasteiger partial charge is 0.311 e. The number of benzene rings is 3. The number of rotatable bonds is 5. The molecule has 0 saturated heterocycles. The molecule has 0 atom stereocenters. The Morgan fingerprint density at radius 3 is 2.00 bits per heavy atom. The van der Waals surface area contributed by atoms with Crippen molar-refractivity contribution in [3.05, 3.63) is 89.5 Å². The zero-order valence-corrected chi connectivity index (χ0v) is 17.8. The van der Waals surface area contributed by atoms with Crippen molar-refractivity contribution in [1.29, 1.82) is 0 Å². The molecule has 0 saturated carbocycles. The molecule has 3 aromatic rings. The summed E-state index contributed by atoms with van der Waals surface area (Å²) >= 11 is 0. The number of carbonyl (C=O) groups excluding carboxylic acids is 1. The molecule has 0 spiro atoms. The van der Waals surface area contributed by atoms with E-state index in [0.29, 0.717) is 11.3 Å². The molecule has 0 aromatic heterocycles. The lowest BCUT2D eigenvalue weighted by molar-refractivity contribution is 0.0993. The number of hydrogen-bond acceptors (Lipinski definition) is 3. The summed E-state index contributed by atoms with van der Waals surface area (Å²) in [5, 5.41) is 0. The van der Waals surface area contributed by atoms with Gasteiger partial charge in [-0.25, -0.2) is 8.42 Å². The van der Waals surface area contributed by atoms with Gasteiger partial charge in [-0.15, -0.1) is 0 Å².